The van der Waals surface area contributed by atoms with Crippen molar-refractivity contribution in [3.8, 4) is 0 Å². The summed E-state index contributed by atoms with van der Waals surface area (Å²) in [5.74, 6) is -0.0292. The summed E-state index contributed by atoms with van der Waals surface area (Å²) < 4.78 is 32.7. The largest absolute Gasteiger partial charge is 0.375 e. The molecule has 2 saturated heterocycles. The van der Waals surface area contributed by atoms with Crippen molar-refractivity contribution < 1.29 is 17.9 Å². The molecule has 2 aliphatic rings. The molecule has 1 aromatic rings. The average Bonchev–Trinajstić information content (AvgIpc) is 3.02. The van der Waals surface area contributed by atoms with E-state index in [0.717, 1.165) is 11.3 Å². The monoisotopic (exact) mass is 429 g/mol. The minimum Gasteiger partial charge on any atom is -0.375 e. The zero-order chi connectivity index (χ0) is 17.3. The smallest absolute Gasteiger partial charge is 0.252 e. The minimum atomic E-state index is -3.54. The van der Waals surface area contributed by atoms with E-state index < -0.39 is 10.0 Å². The Bertz CT molecular complexity index is 705. The third-order valence-corrected chi connectivity index (χ3v) is 7.87. The van der Waals surface area contributed by atoms with Crippen molar-refractivity contribution in [3.63, 3.8) is 0 Å². The average molecular weight is 430 g/mol. The van der Waals surface area contributed by atoms with Gasteiger partial charge in [-0.15, -0.1) is 23.7 Å². The lowest BCUT2D eigenvalue weighted by Gasteiger charge is -2.38. The highest BCUT2D eigenvalue weighted by Crippen LogP contribution is 2.28. The summed E-state index contributed by atoms with van der Waals surface area (Å²) in [6.07, 6.45) is -0.179. The normalized spacial score (nSPS) is 25.4. The molecule has 2 atom stereocenters. The maximum atomic E-state index is 12.6. The molecule has 3 heterocycles. The van der Waals surface area contributed by atoms with Crippen LogP contribution in [0.1, 0.15) is 6.92 Å². The van der Waals surface area contributed by atoms with Gasteiger partial charge in [0.15, 0.2) is 0 Å². The Morgan fingerprint density at radius 3 is 2.56 bits per heavy atom. The van der Waals surface area contributed by atoms with Crippen LogP contribution in [0.4, 0.5) is 0 Å². The van der Waals surface area contributed by atoms with E-state index in [1.54, 1.807) is 11.0 Å². The molecular weight excluding hydrogens is 409 g/mol. The van der Waals surface area contributed by atoms with E-state index in [0.29, 0.717) is 30.6 Å². The second-order valence-corrected chi connectivity index (χ2v) is 9.68. The lowest BCUT2D eigenvalue weighted by molar-refractivity contribution is -0.140. The highest BCUT2D eigenvalue weighted by Gasteiger charge is 2.36. The van der Waals surface area contributed by atoms with Crippen molar-refractivity contribution in [2.45, 2.75) is 23.3 Å². The summed E-state index contributed by atoms with van der Waals surface area (Å²) in [5.41, 5.74) is 0. The predicted octanol–water partition coefficient (Wildman–Crippen LogP) is 1.03. The predicted molar refractivity (Wildman–Crippen MR) is 99.1 cm³/mol. The quantitative estimate of drug-likeness (QED) is 0.775. The van der Waals surface area contributed by atoms with Crippen molar-refractivity contribution in [1.82, 2.24) is 14.5 Å². The van der Waals surface area contributed by atoms with Gasteiger partial charge in [0.25, 0.3) is 10.0 Å². The summed E-state index contributed by atoms with van der Waals surface area (Å²) in [5, 5.41) is 3.17. The van der Waals surface area contributed by atoms with Crippen LogP contribution in [0.25, 0.3) is 0 Å². The highest BCUT2D eigenvalue weighted by atomic mass is 35.5. The Hall–Kier alpha value is -0.420. The fourth-order valence-electron chi connectivity index (χ4n) is 2.92. The molecule has 1 N–H and O–H groups in total. The molecule has 0 aromatic carbocycles. The van der Waals surface area contributed by atoms with E-state index in [4.69, 9.17) is 16.3 Å². The minimum absolute atomic E-state index is 0. The second-order valence-electron chi connectivity index (χ2n) is 5.80. The Balaban J connectivity index is 0.00000225. The van der Waals surface area contributed by atoms with E-state index in [9.17, 15) is 13.2 Å². The lowest BCUT2D eigenvalue weighted by Crippen LogP contribution is -2.60. The number of nitrogens with one attached hydrogen (secondary N) is 1. The zero-order valence-electron chi connectivity index (χ0n) is 13.7. The van der Waals surface area contributed by atoms with Crippen LogP contribution in [-0.4, -0.2) is 75.0 Å². The first-order chi connectivity index (χ1) is 11.4. The Morgan fingerprint density at radius 2 is 2.00 bits per heavy atom. The van der Waals surface area contributed by atoms with Gasteiger partial charge in [-0.3, -0.25) is 4.79 Å². The van der Waals surface area contributed by atoms with Crippen molar-refractivity contribution in [2.75, 3.05) is 39.3 Å². The molecule has 142 valence electrons. The number of ether oxygens (including phenoxy) is 1. The molecule has 7 nitrogen and oxygen atoms in total. The molecular formula is C14H21Cl2N3O4S2. The number of morpholine rings is 1. The van der Waals surface area contributed by atoms with Gasteiger partial charge in [-0.1, -0.05) is 11.6 Å². The van der Waals surface area contributed by atoms with Crippen LogP contribution in [0, 0.1) is 0 Å². The third-order valence-electron chi connectivity index (χ3n) is 4.28. The van der Waals surface area contributed by atoms with Gasteiger partial charge >= 0.3 is 0 Å². The number of carbonyl (C=O) groups is 1. The molecule has 1 amide bonds. The molecule has 0 bridgehead atoms. The fraction of sp³-hybridized carbons (Fsp3) is 0.643. The molecule has 1 aromatic heterocycles. The van der Waals surface area contributed by atoms with Gasteiger partial charge in [0.2, 0.25) is 5.91 Å². The summed E-state index contributed by atoms with van der Waals surface area (Å²) in [7, 11) is -3.54. The van der Waals surface area contributed by atoms with Gasteiger partial charge in [0.05, 0.1) is 17.0 Å². The van der Waals surface area contributed by atoms with Crippen LogP contribution >= 0.6 is 35.3 Å². The summed E-state index contributed by atoms with van der Waals surface area (Å²) in [4.78, 5) is 14.3. The molecule has 0 saturated carbocycles. The molecule has 0 unspecified atom stereocenters. The van der Waals surface area contributed by atoms with Crippen LogP contribution in [-0.2, 0) is 19.6 Å². The number of halogens is 2. The van der Waals surface area contributed by atoms with Crippen LogP contribution in [0.3, 0.4) is 0 Å². The van der Waals surface area contributed by atoms with Crippen LogP contribution < -0.4 is 5.32 Å². The van der Waals surface area contributed by atoms with Crippen molar-refractivity contribution in [1.29, 1.82) is 0 Å². The molecule has 0 aliphatic carbocycles. The summed E-state index contributed by atoms with van der Waals surface area (Å²) in [6, 6.07) is 2.73. The molecule has 3 rings (SSSR count). The number of hydrogen-bond acceptors (Lipinski definition) is 6. The Labute approximate surface area is 162 Å². The first kappa shape index (κ1) is 20.9. The SMILES string of the molecule is C[C@H]1OCCN[C@@H]1C(=O)N1CCN(S(=O)(=O)c2ccc(Cl)s2)CC1.Cl. The van der Waals surface area contributed by atoms with Gasteiger partial charge in [0.1, 0.15) is 10.3 Å². The second kappa shape index (κ2) is 8.51. The Morgan fingerprint density at radius 1 is 1.32 bits per heavy atom. The third kappa shape index (κ3) is 4.47. The molecule has 0 radical (unpaired) electrons. The first-order valence-electron chi connectivity index (χ1n) is 7.79. The molecule has 0 spiro atoms. The summed E-state index contributed by atoms with van der Waals surface area (Å²) in [6.45, 7) is 4.44. The van der Waals surface area contributed by atoms with E-state index >= 15 is 0 Å². The van der Waals surface area contributed by atoms with E-state index in [-0.39, 0.29) is 47.8 Å². The van der Waals surface area contributed by atoms with Gasteiger partial charge in [-0.2, -0.15) is 4.31 Å². The molecule has 11 heteroatoms. The number of piperazine rings is 1. The standard InChI is InChI=1S/C14H20ClN3O4S2.ClH/c1-10-13(16-4-9-22-10)14(19)17-5-7-18(8-6-17)24(20,21)12-3-2-11(15)23-12;/h2-3,10,13,16H,4-9H2,1H3;1H/t10-,13+;/m1./s1. The van der Waals surface area contributed by atoms with Crippen LogP contribution in [0.2, 0.25) is 4.34 Å². The topological polar surface area (TPSA) is 79.0 Å². The zero-order valence-corrected chi connectivity index (χ0v) is 16.9. The van der Waals surface area contributed by atoms with Crippen molar-refractivity contribution in [2.24, 2.45) is 0 Å². The van der Waals surface area contributed by atoms with E-state index in [1.807, 2.05) is 6.92 Å². The van der Waals surface area contributed by atoms with Crippen molar-refractivity contribution >= 4 is 51.3 Å². The van der Waals surface area contributed by atoms with Crippen molar-refractivity contribution in [3.05, 3.63) is 16.5 Å². The first-order valence-corrected chi connectivity index (χ1v) is 10.4. The number of hydrogen-bond donors (Lipinski definition) is 1. The summed E-state index contributed by atoms with van der Waals surface area (Å²) >= 11 is 6.88. The van der Waals surface area contributed by atoms with Gasteiger partial charge in [-0.25, -0.2) is 8.42 Å². The maximum absolute atomic E-state index is 12.6. The number of amides is 1. The van der Waals surface area contributed by atoms with Crippen LogP contribution in [0.15, 0.2) is 16.3 Å². The number of sulfonamides is 1. The lowest BCUT2D eigenvalue weighted by atomic mass is 10.1. The van der Waals surface area contributed by atoms with Crippen LogP contribution in [0.5, 0.6) is 0 Å². The fourth-order valence-corrected chi connectivity index (χ4v) is 5.98. The Kier molecular flexibility index (Phi) is 7.11. The number of rotatable bonds is 3. The highest BCUT2D eigenvalue weighted by molar-refractivity contribution is 7.91. The molecule has 2 aliphatic heterocycles. The van der Waals surface area contributed by atoms with E-state index in [1.165, 1.54) is 10.4 Å². The maximum Gasteiger partial charge on any atom is 0.252 e. The number of nitrogens with zero attached hydrogens (tertiary/aromatic N) is 2. The number of thiophene rings is 1. The van der Waals surface area contributed by atoms with E-state index in [2.05, 4.69) is 5.32 Å². The van der Waals surface area contributed by atoms with Gasteiger partial charge < -0.3 is 15.0 Å². The number of carbonyl (C=O) groups excluding carboxylic acids is 1. The van der Waals surface area contributed by atoms with Gasteiger partial charge in [-0.05, 0) is 19.1 Å². The molecule has 2 fully saturated rings. The van der Waals surface area contributed by atoms with Gasteiger partial charge in [0, 0.05) is 32.7 Å². The molecule has 25 heavy (non-hydrogen) atoms.